The summed E-state index contributed by atoms with van der Waals surface area (Å²) in [6.45, 7) is 2.90. The molecule has 6 heteroatoms. The van der Waals surface area contributed by atoms with Gasteiger partial charge in [-0.15, -0.1) is 0 Å². The zero-order chi connectivity index (χ0) is 15.1. The molecule has 0 spiro atoms. The molecule has 0 unspecified atom stereocenters. The maximum atomic E-state index is 11.2. The monoisotopic (exact) mass is 294 g/mol. The molecule has 1 aliphatic heterocycles. The van der Waals surface area contributed by atoms with Gasteiger partial charge in [-0.05, 0) is 17.7 Å². The fraction of sp³-hybridized carbons (Fsp3) is 0.533. The zero-order valence-electron chi connectivity index (χ0n) is 12.2. The predicted octanol–water partition coefficient (Wildman–Crippen LogP) is 0.00450. The van der Waals surface area contributed by atoms with E-state index in [1.807, 2.05) is 29.2 Å². The Bertz CT molecular complexity index is 449. The number of hydrogen-bond donors (Lipinski definition) is 2. The number of ether oxygens (including phenoxy) is 2. The van der Waals surface area contributed by atoms with E-state index in [9.17, 15) is 9.90 Å². The first-order valence-electron chi connectivity index (χ1n) is 7.05. The van der Waals surface area contributed by atoms with Gasteiger partial charge >= 0.3 is 0 Å². The first-order chi connectivity index (χ1) is 10.2. The molecule has 1 amide bonds. The summed E-state index contributed by atoms with van der Waals surface area (Å²) in [6, 6.07) is 7.61. The van der Waals surface area contributed by atoms with Crippen LogP contribution in [-0.2, 0) is 16.1 Å². The van der Waals surface area contributed by atoms with Crippen LogP contribution in [0.15, 0.2) is 24.3 Å². The molecule has 0 radical (unpaired) electrons. The molecule has 1 aromatic rings. The Kier molecular flexibility index (Phi) is 5.98. The zero-order valence-corrected chi connectivity index (χ0v) is 12.2. The molecule has 116 valence electrons. The molecule has 1 aromatic carbocycles. The maximum Gasteiger partial charge on any atom is 0.234 e. The second-order valence-corrected chi connectivity index (χ2v) is 5.10. The summed E-state index contributed by atoms with van der Waals surface area (Å²) in [4.78, 5) is 13.2. The van der Waals surface area contributed by atoms with Gasteiger partial charge in [0, 0.05) is 19.6 Å². The number of nitrogens with one attached hydrogen (secondary N) is 1. The quantitative estimate of drug-likeness (QED) is 0.741. The highest BCUT2D eigenvalue weighted by molar-refractivity contribution is 5.78. The number of amides is 1. The van der Waals surface area contributed by atoms with Crippen molar-refractivity contribution >= 4 is 5.91 Å². The lowest BCUT2D eigenvalue weighted by Gasteiger charge is -2.28. The van der Waals surface area contributed by atoms with E-state index in [1.165, 1.54) is 0 Å². The van der Waals surface area contributed by atoms with Crippen molar-refractivity contribution in [1.29, 1.82) is 0 Å². The van der Waals surface area contributed by atoms with Crippen LogP contribution in [0, 0.1) is 0 Å². The average molecular weight is 294 g/mol. The summed E-state index contributed by atoms with van der Waals surface area (Å²) in [7, 11) is 1.63. The molecular formula is C15H22N2O4. The number of methoxy groups -OCH3 is 1. The molecule has 0 saturated carbocycles. The maximum absolute atomic E-state index is 11.2. The third kappa shape index (κ3) is 5.34. The van der Waals surface area contributed by atoms with E-state index >= 15 is 0 Å². The molecule has 0 aromatic heterocycles. The van der Waals surface area contributed by atoms with E-state index < -0.39 is 6.10 Å². The fourth-order valence-corrected chi connectivity index (χ4v) is 2.23. The first-order valence-corrected chi connectivity index (χ1v) is 7.05. The van der Waals surface area contributed by atoms with E-state index in [1.54, 1.807) is 7.11 Å². The van der Waals surface area contributed by atoms with Crippen molar-refractivity contribution in [2.75, 3.05) is 39.9 Å². The smallest absolute Gasteiger partial charge is 0.234 e. The summed E-state index contributed by atoms with van der Waals surface area (Å²) >= 11 is 0. The summed E-state index contributed by atoms with van der Waals surface area (Å²) in [5.74, 6) is 0.815. The van der Waals surface area contributed by atoms with Crippen molar-refractivity contribution in [3.63, 3.8) is 0 Å². The third-order valence-electron chi connectivity index (χ3n) is 3.32. The summed E-state index contributed by atoms with van der Waals surface area (Å²) < 4.78 is 10.6. The largest absolute Gasteiger partial charge is 0.497 e. The Morgan fingerprint density at radius 1 is 1.38 bits per heavy atom. The number of hydrogen-bond acceptors (Lipinski definition) is 5. The lowest BCUT2D eigenvalue weighted by Crippen LogP contribution is -2.50. The van der Waals surface area contributed by atoms with Crippen molar-refractivity contribution in [1.82, 2.24) is 10.2 Å². The van der Waals surface area contributed by atoms with E-state index in [0.717, 1.165) is 17.9 Å². The summed E-state index contributed by atoms with van der Waals surface area (Å²) in [5.41, 5.74) is 1.03. The molecule has 0 aliphatic carbocycles. The number of aliphatic hydroxyl groups is 1. The van der Waals surface area contributed by atoms with Crippen LogP contribution in [0.3, 0.4) is 0 Å². The van der Waals surface area contributed by atoms with Gasteiger partial charge in [-0.3, -0.25) is 9.69 Å². The van der Waals surface area contributed by atoms with Crippen molar-refractivity contribution in [3.8, 4) is 5.75 Å². The number of carbonyl (C=O) groups excluding carboxylic acids is 1. The second kappa shape index (κ2) is 7.97. The highest BCUT2D eigenvalue weighted by atomic mass is 16.5. The van der Waals surface area contributed by atoms with Crippen LogP contribution in [-0.4, -0.2) is 61.9 Å². The number of rotatable bonds is 7. The van der Waals surface area contributed by atoms with Crippen molar-refractivity contribution in [3.05, 3.63) is 29.8 Å². The van der Waals surface area contributed by atoms with Crippen LogP contribution in [0.25, 0.3) is 0 Å². The minimum Gasteiger partial charge on any atom is -0.497 e. The second-order valence-electron chi connectivity index (χ2n) is 5.10. The van der Waals surface area contributed by atoms with Crippen molar-refractivity contribution in [2.45, 2.75) is 12.7 Å². The van der Waals surface area contributed by atoms with Crippen LogP contribution in [0.5, 0.6) is 5.75 Å². The first kappa shape index (κ1) is 15.8. The highest BCUT2D eigenvalue weighted by Gasteiger charge is 2.18. The van der Waals surface area contributed by atoms with Gasteiger partial charge in [0.25, 0.3) is 0 Å². The molecule has 6 nitrogen and oxygen atoms in total. The van der Waals surface area contributed by atoms with E-state index in [0.29, 0.717) is 26.2 Å². The minimum atomic E-state index is -0.589. The normalized spacial score (nSPS) is 17.3. The van der Waals surface area contributed by atoms with Crippen LogP contribution in [0.4, 0.5) is 0 Å². The lowest BCUT2D eigenvalue weighted by atomic mass is 10.2. The summed E-state index contributed by atoms with van der Waals surface area (Å²) in [5, 5.41) is 12.7. The molecule has 1 saturated heterocycles. The number of benzene rings is 1. The van der Waals surface area contributed by atoms with Crippen LogP contribution < -0.4 is 10.1 Å². The Morgan fingerprint density at radius 3 is 2.81 bits per heavy atom. The van der Waals surface area contributed by atoms with E-state index in [-0.39, 0.29) is 12.5 Å². The molecule has 1 heterocycles. The minimum absolute atomic E-state index is 0.00704. The Morgan fingerprint density at radius 2 is 2.14 bits per heavy atom. The molecule has 2 rings (SSSR count). The number of carbonyl (C=O) groups is 1. The number of nitrogens with zero attached hydrogens (tertiary/aromatic N) is 1. The van der Waals surface area contributed by atoms with Crippen LogP contribution >= 0.6 is 0 Å². The van der Waals surface area contributed by atoms with E-state index in [4.69, 9.17) is 9.47 Å². The van der Waals surface area contributed by atoms with E-state index in [2.05, 4.69) is 5.32 Å². The van der Waals surface area contributed by atoms with Crippen LogP contribution in [0.2, 0.25) is 0 Å². The van der Waals surface area contributed by atoms with Crippen molar-refractivity contribution in [2.24, 2.45) is 0 Å². The fourth-order valence-electron chi connectivity index (χ4n) is 2.23. The standard InChI is InChI=1S/C15H22N2O4/c1-20-14-4-2-12(3-5-14)10-21-11-13(18)8-17-7-6-16-15(19)9-17/h2-5,13,18H,6-11H2,1H3,(H,16,19)/t13-/m0/s1. The number of β-amino-alcohol motifs (C(OH)–C–C–N with tert-alkyl or cyclic N) is 1. The SMILES string of the molecule is COc1ccc(COC[C@@H](O)CN2CCNC(=O)C2)cc1. The molecule has 1 atom stereocenters. The highest BCUT2D eigenvalue weighted by Crippen LogP contribution is 2.12. The van der Waals surface area contributed by atoms with Gasteiger partial charge in [0.1, 0.15) is 5.75 Å². The topological polar surface area (TPSA) is 71.0 Å². The summed E-state index contributed by atoms with van der Waals surface area (Å²) in [6.07, 6.45) is -0.589. The van der Waals surface area contributed by atoms with Gasteiger partial charge < -0.3 is 19.9 Å². The van der Waals surface area contributed by atoms with Crippen LogP contribution in [0.1, 0.15) is 5.56 Å². The van der Waals surface area contributed by atoms with Gasteiger partial charge in [0.15, 0.2) is 0 Å². The number of aliphatic hydroxyl groups excluding tert-OH is 1. The Hall–Kier alpha value is -1.63. The van der Waals surface area contributed by atoms with Gasteiger partial charge in [-0.25, -0.2) is 0 Å². The Balaban J connectivity index is 1.66. The molecular weight excluding hydrogens is 272 g/mol. The molecule has 0 bridgehead atoms. The molecule has 1 aliphatic rings. The van der Waals surface area contributed by atoms with Gasteiger partial charge in [-0.1, -0.05) is 12.1 Å². The number of piperazine rings is 1. The average Bonchev–Trinajstić information content (AvgIpc) is 2.48. The lowest BCUT2D eigenvalue weighted by molar-refractivity contribution is -0.124. The molecule has 2 N–H and O–H groups in total. The van der Waals surface area contributed by atoms with Gasteiger partial charge in [-0.2, -0.15) is 0 Å². The third-order valence-corrected chi connectivity index (χ3v) is 3.32. The predicted molar refractivity (Wildman–Crippen MR) is 78.1 cm³/mol. The molecule has 1 fully saturated rings. The van der Waals surface area contributed by atoms with Gasteiger partial charge in [0.2, 0.25) is 5.91 Å². The molecule has 21 heavy (non-hydrogen) atoms. The Labute approximate surface area is 124 Å². The van der Waals surface area contributed by atoms with Crippen molar-refractivity contribution < 1.29 is 19.4 Å². The van der Waals surface area contributed by atoms with Gasteiger partial charge in [0.05, 0.1) is 33.0 Å².